The summed E-state index contributed by atoms with van der Waals surface area (Å²) in [5, 5.41) is 24.4. The fraction of sp³-hybridized carbons (Fsp3) is 0.368. The summed E-state index contributed by atoms with van der Waals surface area (Å²) in [7, 11) is 1.53. The van der Waals surface area contributed by atoms with Crippen LogP contribution in [0.2, 0.25) is 0 Å². The Balaban J connectivity index is 1.65. The Morgan fingerprint density at radius 3 is 2.92 bits per heavy atom. The number of nitrogens with one attached hydrogen (secondary N) is 1. The lowest BCUT2D eigenvalue weighted by atomic mass is 9.87. The number of aliphatic hydroxyl groups excluding tert-OH is 1. The van der Waals surface area contributed by atoms with Crippen LogP contribution in [0.3, 0.4) is 0 Å². The van der Waals surface area contributed by atoms with E-state index in [-0.39, 0.29) is 18.6 Å². The van der Waals surface area contributed by atoms with Gasteiger partial charge in [-0.05, 0) is 47.9 Å². The van der Waals surface area contributed by atoms with Gasteiger partial charge in [0.1, 0.15) is 6.10 Å². The average Bonchev–Trinajstić information content (AvgIpc) is 3.05. The van der Waals surface area contributed by atoms with Crippen LogP contribution < -0.4 is 19.5 Å². The highest BCUT2D eigenvalue weighted by molar-refractivity contribution is 5.56. The summed E-state index contributed by atoms with van der Waals surface area (Å²) >= 11 is 0. The molecule has 0 aliphatic carbocycles. The zero-order valence-corrected chi connectivity index (χ0v) is 14.2. The molecule has 3 unspecified atom stereocenters. The first-order valence-corrected chi connectivity index (χ1v) is 8.56. The second kappa shape index (κ2) is 5.77. The van der Waals surface area contributed by atoms with Gasteiger partial charge in [0.05, 0.1) is 18.7 Å². The molecule has 3 heterocycles. The number of phenols is 1. The van der Waals surface area contributed by atoms with Gasteiger partial charge in [-0.2, -0.15) is 0 Å². The minimum atomic E-state index is -1.14. The maximum atomic E-state index is 10.7. The third-order valence-corrected chi connectivity index (χ3v) is 5.28. The van der Waals surface area contributed by atoms with Crippen LogP contribution in [0.4, 0.5) is 0 Å². The molecule has 2 aromatic rings. The summed E-state index contributed by atoms with van der Waals surface area (Å²) in [5.74, 6) is 1.64. The summed E-state index contributed by atoms with van der Waals surface area (Å²) in [6.45, 7) is 0.867. The topological polar surface area (TPSA) is 89.4 Å². The predicted octanol–water partition coefficient (Wildman–Crippen LogP) is 2.08. The lowest BCUT2D eigenvalue weighted by Crippen LogP contribution is -2.33. The lowest BCUT2D eigenvalue weighted by molar-refractivity contribution is -0.163. The van der Waals surface area contributed by atoms with Crippen LogP contribution in [-0.4, -0.2) is 30.7 Å². The number of hydrogen-bond acceptors (Lipinski definition) is 7. The first-order valence-electron chi connectivity index (χ1n) is 8.56. The van der Waals surface area contributed by atoms with Crippen molar-refractivity contribution in [3.63, 3.8) is 0 Å². The Bertz CT molecular complexity index is 883. The molecule has 0 spiro atoms. The van der Waals surface area contributed by atoms with Gasteiger partial charge in [0.2, 0.25) is 6.79 Å². The van der Waals surface area contributed by atoms with Crippen molar-refractivity contribution in [3.05, 3.63) is 46.5 Å². The lowest BCUT2D eigenvalue weighted by Gasteiger charge is -2.36. The van der Waals surface area contributed by atoms with E-state index in [0.29, 0.717) is 22.8 Å². The summed E-state index contributed by atoms with van der Waals surface area (Å²) in [6, 6.07) is 7.13. The number of fused-ring (bicyclic) bond motifs is 7. The molecule has 2 aromatic carbocycles. The van der Waals surface area contributed by atoms with E-state index in [2.05, 4.69) is 5.32 Å². The molecular weight excluding hydrogens is 338 g/mol. The van der Waals surface area contributed by atoms with E-state index in [1.807, 2.05) is 18.2 Å². The van der Waals surface area contributed by atoms with Crippen LogP contribution in [-0.2, 0) is 11.2 Å². The van der Waals surface area contributed by atoms with E-state index in [9.17, 15) is 10.2 Å². The smallest absolute Gasteiger partial charge is 0.231 e. The molecule has 7 heteroatoms. The second-order valence-corrected chi connectivity index (χ2v) is 6.62. The molecule has 0 saturated heterocycles. The van der Waals surface area contributed by atoms with Crippen LogP contribution in [0, 0.1) is 0 Å². The van der Waals surface area contributed by atoms with Crippen LogP contribution >= 0.6 is 0 Å². The number of benzene rings is 2. The van der Waals surface area contributed by atoms with Gasteiger partial charge < -0.3 is 34.5 Å². The summed E-state index contributed by atoms with van der Waals surface area (Å²) < 4.78 is 22.2. The molecule has 3 aliphatic heterocycles. The molecule has 3 N–H and O–H groups in total. The molecule has 0 aromatic heterocycles. The van der Waals surface area contributed by atoms with E-state index in [1.165, 1.54) is 7.11 Å². The summed E-state index contributed by atoms with van der Waals surface area (Å²) in [4.78, 5) is 0. The molecule has 26 heavy (non-hydrogen) atoms. The zero-order chi connectivity index (χ0) is 17.8. The van der Waals surface area contributed by atoms with E-state index >= 15 is 0 Å². The van der Waals surface area contributed by atoms with Crippen molar-refractivity contribution in [1.29, 1.82) is 0 Å². The van der Waals surface area contributed by atoms with Gasteiger partial charge in [0.15, 0.2) is 29.3 Å². The van der Waals surface area contributed by atoms with Crippen molar-refractivity contribution < 1.29 is 29.2 Å². The van der Waals surface area contributed by atoms with E-state index < -0.39 is 12.4 Å². The molecular formula is C19H19NO6. The maximum absolute atomic E-state index is 10.7. The molecule has 5 rings (SSSR count). The fourth-order valence-corrected chi connectivity index (χ4v) is 4.09. The van der Waals surface area contributed by atoms with Gasteiger partial charge in [-0.3, -0.25) is 0 Å². The largest absolute Gasteiger partial charge is 0.504 e. The zero-order valence-electron chi connectivity index (χ0n) is 14.2. The summed E-state index contributed by atoms with van der Waals surface area (Å²) in [5.41, 5.74) is 3.40. The normalized spacial score (nSPS) is 25.7. The molecule has 3 aliphatic rings. The summed E-state index contributed by atoms with van der Waals surface area (Å²) in [6.07, 6.45) is -0.815. The Hall–Kier alpha value is -2.48. The quantitative estimate of drug-likeness (QED) is 0.720. The predicted molar refractivity (Wildman–Crippen MR) is 90.5 cm³/mol. The molecule has 0 saturated carbocycles. The molecule has 7 nitrogen and oxygen atoms in total. The molecule has 0 bridgehead atoms. The number of rotatable bonds is 1. The first kappa shape index (κ1) is 15.7. The average molecular weight is 357 g/mol. The van der Waals surface area contributed by atoms with Crippen molar-refractivity contribution in [3.8, 4) is 23.0 Å². The standard InChI is InChI=1S/C19H19NO6/c1-23-14-6-9-4-5-20-16-10-2-3-13-18(25-8-24-13)15(10)19(22)26-17(16)11(9)7-12(14)21/h2-3,6-7,16-17,19-22H,4-5,8H2,1H3. The number of aliphatic hydroxyl groups is 1. The number of ether oxygens (including phenoxy) is 4. The van der Waals surface area contributed by atoms with Crippen LogP contribution in [0.1, 0.15) is 40.7 Å². The Morgan fingerprint density at radius 2 is 2.08 bits per heavy atom. The number of phenolic OH excluding ortho intramolecular Hbond substituents is 1. The fourth-order valence-electron chi connectivity index (χ4n) is 4.09. The van der Waals surface area contributed by atoms with Gasteiger partial charge >= 0.3 is 0 Å². The first-order chi connectivity index (χ1) is 12.7. The van der Waals surface area contributed by atoms with Crippen LogP contribution in [0.5, 0.6) is 23.0 Å². The van der Waals surface area contributed by atoms with Crippen molar-refractivity contribution >= 4 is 0 Å². The minimum Gasteiger partial charge on any atom is -0.504 e. The van der Waals surface area contributed by atoms with Crippen molar-refractivity contribution in [1.82, 2.24) is 5.32 Å². The Labute approximate surface area is 150 Å². The van der Waals surface area contributed by atoms with E-state index in [4.69, 9.17) is 18.9 Å². The number of aromatic hydroxyl groups is 1. The Kier molecular flexibility index (Phi) is 3.49. The highest BCUT2D eigenvalue weighted by atomic mass is 16.7. The molecule has 0 radical (unpaired) electrons. The van der Waals surface area contributed by atoms with Crippen LogP contribution in [0.15, 0.2) is 24.3 Å². The monoisotopic (exact) mass is 357 g/mol. The van der Waals surface area contributed by atoms with Crippen molar-refractivity contribution in [2.24, 2.45) is 0 Å². The van der Waals surface area contributed by atoms with Gasteiger partial charge in [-0.1, -0.05) is 6.07 Å². The molecule has 0 amide bonds. The van der Waals surface area contributed by atoms with Crippen molar-refractivity contribution in [2.75, 3.05) is 20.4 Å². The maximum Gasteiger partial charge on any atom is 0.231 e. The van der Waals surface area contributed by atoms with Crippen LogP contribution in [0.25, 0.3) is 0 Å². The minimum absolute atomic E-state index is 0.0569. The second-order valence-electron chi connectivity index (χ2n) is 6.62. The number of hydrogen-bond donors (Lipinski definition) is 3. The van der Waals surface area contributed by atoms with E-state index in [1.54, 1.807) is 6.07 Å². The third-order valence-electron chi connectivity index (χ3n) is 5.28. The van der Waals surface area contributed by atoms with E-state index in [0.717, 1.165) is 29.7 Å². The molecule has 136 valence electrons. The van der Waals surface area contributed by atoms with Gasteiger partial charge in [0, 0.05) is 0 Å². The number of methoxy groups -OCH3 is 1. The SMILES string of the molecule is COc1cc2c(cc1O)C1OC(O)c3c(ccc4c3OCO4)C1NCC2. The van der Waals surface area contributed by atoms with Gasteiger partial charge in [-0.15, -0.1) is 0 Å². The Morgan fingerprint density at radius 1 is 1.19 bits per heavy atom. The molecule has 0 fully saturated rings. The molecule has 3 atom stereocenters. The van der Waals surface area contributed by atoms with Gasteiger partial charge in [0.25, 0.3) is 0 Å². The third kappa shape index (κ3) is 2.18. The highest BCUT2D eigenvalue weighted by Crippen LogP contribution is 2.52. The van der Waals surface area contributed by atoms with Gasteiger partial charge in [-0.25, -0.2) is 0 Å². The highest BCUT2D eigenvalue weighted by Gasteiger charge is 2.41. The van der Waals surface area contributed by atoms with Crippen molar-refractivity contribution in [2.45, 2.75) is 24.9 Å².